The first-order valence-corrected chi connectivity index (χ1v) is 8.28. The molecule has 0 fully saturated rings. The van der Waals surface area contributed by atoms with Crippen molar-refractivity contribution in [2.24, 2.45) is 0 Å². The molecule has 1 amide bonds. The van der Waals surface area contributed by atoms with E-state index >= 15 is 0 Å². The van der Waals surface area contributed by atoms with Crippen LogP contribution in [0.15, 0.2) is 46.9 Å². The third-order valence-electron chi connectivity index (χ3n) is 4.02. The molecule has 4 nitrogen and oxygen atoms in total. The van der Waals surface area contributed by atoms with Gasteiger partial charge in [0.15, 0.2) is 11.5 Å². The summed E-state index contributed by atoms with van der Waals surface area (Å²) >= 11 is 0. The van der Waals surface area contributed by atoms with Gasteiger partial charge in [0, 0.05) is 19.9 Å². The lowest BCUT2D eigenvalue weighted by Crippen LogP contribution is -2.25. The molecule has 0 bridgehead atoms. The van der Waals surface area contributed by atoms with Crippen molar-refractivity contribution in [1.29, 1.82) is 0 Å². The lowest BCUT2D eigenvalue weighted by Gasteiger charge is -2.06. The van der Waals surface area contributed by atoms with Gasteiger partial charge in [0.05, 0.1) is 0 Å². The number of hydrogen-bond donors (Lipinski definition) is 1. The summed E-state index contributed by atoms with van der Waals surface area (Å²) in [5, 5.41) is 2.98. The van der Waals surface area contributed by atoms with Crippen LogP contribution in [0.3, 0.4) is 0 Å². The number of aryl methyl sites for hydroxylation is 3. The van der Waals surface area contributed by atoms with E-state index in [0.717, 1.165) is 29.5 Å². The molecule has 0 unspecified atom stereocenters. The van der Waals surface area contributed by atoms with E-state index in [1.54, 1.807) is 0 Å². The second kappa shape index (κ2) is 7.30. The molecule has 1 heterocycles. The fourth-order valence-electron chi connectivity index (χ4n) is 2.80. The first kappa shape index (κ1) is 16.2. The molecule has 0 spiro atoms. The molecule has 1 aromatic heterocycles. The van der Waals surface area contributed by atoms with Gasteiger partial charge < -0.3 is 9.73 Å². The molecule has 0 aliphatic heterocycles. The number of fused-ring (bicyclic) bond motifs is 1. The lowest BCUT2D eigenvalue weighted by molar-refractivity contribution is -0.121. The number of oxazole rings is 1. The normalized spacial score (nSPS) is 10.9. The highest BCUT2D eigenvalue weighted by Gasteiger charge is 2.05. The molecule has 4 heteroatoms. The predicted molar refractivity (Wildman–Crippen MR) is 95.0 cm³/mol. The van der Waals surface area contributed by atoms with Crippen LogP contribution in [0.5, 0.6) is 0 Å². The Bertz CT molecular complexity index is 852. The quantitative estimate of drug-likeness (QED) is 0.752. The number of carbonyl (C=O) groups is 1. The van der Waals surface area contributed by atoms with Gasteiger partial charge in [0.25, 0.3) is 0 Å². The zero-order valence-electron chi connectivity index (χ0n) is 14.1. The van der Waals surface area contributed by atoms with Gasteiger partial charge in [0.2, 0.25) is 5.91 Å². The number of rotatable bonds is 6. The molecule has 24 heavy (non-hydrogen) atoms. The zero-order valence-corrected chi connectivity index (χ0v) is 14.1. The molecule has 124 valence electrons. The van der Waals surface area contributed by atoms with Crippen LogP contribution in [0.2, 0.25) is 0 Å². The molecule has 2 aromatic carbocycles. The van der Waals surface area contributed by atoms with E-state index in [4.69, 9.17) is 4.42 Å². The Labute approximate surface area is 141 Å². The number of aromatic nitrogens is 1. The summed E-state index contributed by atoms with van der Waals surface area (Å²) in [4.78, 5) is 16.3. The number of hydrogen-bond acceptors (Lipinski definition) is 3. The van der Waals surface area contributed by atoms with Crippen molar-refractivity contribution in [2.45, 2.75) is 33.1 Å². The summed E-state index contributed by atoms with van der Waals surface area (Å²) in [6.07, 6.45) is 2.08. The Morgan fingerprint density at radius 3 is 2.75 bits per heavy atom. The molecule has 3 aromatic rings. The number of carbonyl (C=O) groups excluding carboxylic acids is 1. The van der Waals surface area contributed by atoms with Crippen LogP contribution < -0.4 is 5.32 Å². The molecular formula is C20H22N2O2. The van der Waals surface area contributed by atoms with Crippen molar-refractivity contribution < 1.29 is 9.21 Å². The van der Waals surface area contributed by atoms with Gasteiger partial charge in [-0.1, -0.05) is 35.9 Å². The Morgan fingerprint density at radius 2 is 1.92 bits per heavy atom. The Balaban J connectivity index is 1.45. The number of nitrogens with one attached hydrogen (secondary N) is 1. The summed E-state index contributed by atoms with van der Waals surface area (Å²) < 4.78 is 5.53. The van der Waals surface area contributed by atoms with E-state index in [0.29, 0.717) is 18.9 Å². The topological polar surface area (TPSA) is 55.1 Å². The fraction of sp³-hybridized carbons (Fsp3) is 0.300. The zero-order chi connectivity index (χ0) is 16.9. The van der Waals surface area contributed by atoms with Gasteiger partial charge in [-0.3, -0.25) is 4.79 Å². The van der Waals surface area contributed by atoms with Crippen molar-refractivity contribution in [3.05, 3.63) is 65.0 Å². The average Bonchev–Trinajstić information content (AvgIpc) is 2.92. The molecular weight excluding hydrogens is 300 g/mol. The van der Waals surface area contributed by atoms with Gasteiger partial charge in [-0.2, -0.15) is 0 Å². The Kier molecular flexibility index (Phi) is 4.94. The predicted octanol–water partition coefficient (Wildman–Crippen LogP) is 3.74. The summed E-state index contributed by atoms with van der Waals surface area (Å²) in [5.41, 5.74) is 5.24. The second-order valence-electron chi connectivity index (χ2n) is 6.12. The SMILES string of the molecule is Cc1cccc(CCC(=O)NCCc2ccc3nc(C)oc3c2)c1. The highest BCUT2D eigenvalue weighted by Crippen LogP contribution is 2.17. The van der Waals surface area contributed by atoms with E-state index in [2.05, 4.69) is 35.4 Å². The maximum atomic E-state index is 12.0. The van der Waals surface area contributed by atoms with Crippen LogP contribution in [0.25, 0.3) is 11.1 Å². The van der Waals surface area contributed by atoms with Gasteiger partial charge in [-0.25, -0.2) is 4.98 Å². The van der Waals surface area contributed by atoms with Crippen LogP contribution in [0, 0.1) is 13.8 Å². The summed E-state index contributed by atoms with van der Waals surface area (Å²) in [7, 11) is 0. The summed E-state index contributed by atoms with van der Waals surface area (Å²) in [6.45, 7) is 4.54. The first-order valence-electron chi connectivity index (χ1n) is 8.28. The van der Waals surface area contributed by atoms with Crippen molar-refractivity contribution in [2.75, 3.05) is 6.54 Å². The van der Waals surface area contributed by atoms with E-state index in [1.165, 1.54) is 11.1 Å². The fourth-order valence-corrected chi connectivity index (χ4v) is 2.80. The Hall–Kier alpha value is -2.62. The highest BCUT2D eigenvalue weighted by molar-refractivity contribution is 5.76. The molecule has 0 aliphatic carbocycles. The van der Waals surface area contributed by atoms with E-state index in [1.807, 2.05) is 31.2 Å². The minimum Gasteiger partial charge on any atom is -0.441 e. The van der Waals surface area contributed by atoms with Crippen LogP contribution in [0.4, 0.5) is 0 Å². The van der Waals surface area contributed by atoms with Gasteiger partial charge in [0.1, 0.15) is 5.52 Å². The minimum absolute atomic E-state index is 0.0908. The second-order valence-corrected chi connectivity index (χ2v) is 6.12. The molecule has 1 N–H and O–H groups in total. The van der Waals surface area contributed by atoms with E-state index < -0.39 is 0 Å². The van der Waals surface area contributed by atoms with Gasteiger partial charge in [-0.05, 0) is 43.0 Å². The molecule has 0 aliphatic rings. The number of benzene rings is 2. The van der Waals surface area contributed by atoms with Crippen molar-refractivity contribution in [1.82, 2.24) is 10.3 Å². The molecule has 0 saturated heterocycles. The summed E-state index contributed by atoms with van der Waals surface area (Å²) in [6, 6.07) is 14.3. The Morgan fingerprint density at radius 1 is 1.08 bits per heavy atom. The third kappa shape index (κ3) is 4.22. The van der Waals surface area contributed by atoms with Crippen molar-refractivity contribution in [3.8, 4) is 0 Å². The molecule has 0 atom stereocenters. The van der Waals surface area contributed by atoms with Crippen LogP contribution >= 0.6 is 0 Å². The molecule has 3 rings (SSSR count). The highest BCUT2D eigenvalue weighted by atomic mass is 16.3. The maximum absolute atomic E-state index is 12.0. The van der Waals surface area contributed by atoms with Crippen LogP contribution in [0.1, 0.15) is 29.0 Å². The summed E-state index contributed by atoms with van der Waals surface area (Å²) in [5.74, 6) is 0.764. The van der Waals surface area contributed by atoms with E-state index in [9.17, 15) is 4.79 Å². The standard InChI is InChI=1S/C20H22N2O2/c1-14-4-3-5-16(12-14)7-9-20(23)21-11-10-17-6-8-18-19(13-17)24-15(2)22-18/h3-6,8,12-13H,7,9-11H2,1-2H3,(H,21,23). The number of nitrogens with zero attached hydrogens (tertiary/aromatic N) is 1. The first-order chi connectivity index (χ1) is 11.6. The molecule has 0 radical (unpaired) electrons. The van der Waals surface area contributed by atoms with Gasteiger partial charge >= 0.3 is 0 Å². The molecule has 0 saturated carbocycles. The van der Waals surface area contributed by atoms with Crippen LogP contribution in [-0.4, -0.2) is 17.4 Å². The third-order valence-corrected chi connectivity index (χ3v) is 4.02. The lowest BCUT2D eigenvalue weighted by atomic mass is 10.1. The smallest absolute Gasteiger partial charge is 0.220 e. The average molecular weight is 322 g/mol. The maximum Gasteiger partial charge on any atom is 0.220 e. The minimum atomic E-state index is 0.0908. The number of amides is 1. The van der Waals surface area contributed by atoms with Crippen LogP contribution in [-0.2, 0) is 17.6 Å². The van der Waals surface area contributed by atoms with E-state index in [-0.39, 0.29) is 5.91 Å². The van der Waals surface area contributed by atoms with Crippen molar-refractivity contribution in [3.63, 3.8) is 0 Å². The van der Waals surface area contributed by atoms with Gasteiger partial charge in [-0.15, -0.1) is 0 Å². The van der Waals surface area contributed by atoms with Crippen molar-refractivity contribution >= 4 is 17.0 Å². The monoisotopic (exact) mass is 322 g/mol. The largest absolute Gasteiger partial charge is 0.441 e.